The van der Waals surface area contributed by atoms with E-state index < -0.39 is 0 Å². The second kappa shape index (κ2) is 5.32. The van der Waals surface area contributed by atoms with Crippen molar-refractivity contribution in [1.82, 2.24) is 5.16 Å². The number of ether oxygens (including phenoxy) is 1. The molecule has 5 heteroatoms. The molecule has 0 N–H and O–H groups in total. The van der Waals surface area contributed by atoms with Gasteiger partial charge < -0.3 is 13.7 Å². The lowest BCUT2D eigenvalue weighted by atomic mass is 10.3. The molecule has 1 aromatic carbocycles. The Morgan fingerprint density at radius 3 is 2.79 bits per heavy atom. The summed E-state index contributed by atoms with van der Waals surface area (Å²) in [5.41, 5.74) is 0.710. The quantitative estimate of drug-likeness (QED) is 0.720. The molecule has 0 bridgehead atoms. The zero-order valence-electron chi connectivity index (χ0n) is 9.88. The van der Waals surface area contributed by atoms with Crippen LogP contribution in [0, 0.1) is 0 Å². The first-order chi connectivity index (χ1) is 9.33. The minimum Gasteiger partial charge on any atom is -0.486 e. The van der Waals surface area contributed by atoms with Gasteiger partial charge in [-0.1, -0.05) is 17.3 Å². The third-order valence-electron chi connectivity index (χ3n) is 2.54. The molecular formula is C14H10BrNO3. The van der Waals surface area contributed by atoms with E-state index in [0.29, 0.717) is 23.8 Å². The summed E-state index contributed by atoms with van der Waals surface area (Å²) in [5, 5.41) is 3.94. The van der Waals surface area contributed by atoms with Crippen LogP contribution in [0.3, 0.4) is 0 Å². The summed E-state index contributed by atoms with van der Waals surface area (Å²) in [7, 11) is 0. The maximum atomic E-state index is 5.65. The Balaban J connectivity index is 1.70. The van der Waals surface area contributed by atoms with E-state index >= 15 is 0 Å². The van der Waals surface area contributed by atoms with Crippen molar-refractivity contribution < 1.29 is 13.7 Å². The molecule has 0 radical (unpaired) electrons. The molecule has 96 valence electrons. The van der Waals surface area contributed by atoms with Gasteiger partial charge in [-0.2, -0.15) is 0 Å². The first-order valence-corrected chi connectivity index (χ1v) is 6.49. The van der Waals surface area contributed by atoms with Gasteiger partial charge in [-0.05, 0) is 40.2 Å². The van der Waals surface area contributed by atoms with Crippen LogP contribution in [0.15, 0.2) is 62.1 Å². The van der Waals surface area contributed by atoms with E-state index in [1.54, 1.807) is 18.4 Å². The molecule has 0 aliphatic rings. The van der Waals surface area contributed by atoms with Crippen LogP contribution in [0.5, 0.6) is 5.75 Å². The SMILES string of the molecule is Brc1ccccc1OCc1cc(-c2ccco2)on1. The monoisotopic (exact) mass is 319 g/mol. The van der Waals surface area contributed by atoms with E-state index in [1.807, 2.05) is 30.3 Å². The molecule has 3 rings (SSSR count). The molecule has 2 heterocycles. The lowest BCUT2D eigenvalue weighted by Crippen LogP contribution is -1.95. The molecule has 0 atom stereocenters. The Labute approximate surface area is 118 Å². The van der Waals surface area contributed by atoms with Gasteiger partial charge in [0.1, 0.15) is 18.1 Å². The van der Waals surface area contributed by atoms with Gasteiger partial charge in [0, 0.05) is 6.07 Å². The molecule has 3 aromatic rings. The minimum absolute atomic E-state index is 0.340. The molecule has 0 amide bonds. The third kappa shape index (κ3) is 2.71. The first kappa shape index (κ1) is 12.0. The van der Waals surface area contributed by atoms with Crippen molar-refractivity contribution in [2.45, 2.75) is 6.61 Å². The van der Waals surface area contributed by atoms with Crippen molar-refractivity contribution in [1.29, 1.82) is 0 Å². The summed E-state index contributed by atoms with van der Waals surface area (Å²) in [6, 6.07) is 13.1. The Bertz CT molecular complexity index is 661. The molecule has 0 aliphatic heterocycles. The van der Waals surface area contributed by atoms with E-state index in [-0.39, 0.29) is 0 Å². The topological polar surface area (TPSA) is 48.4 Å². The smallest absolute Gasteiger partial charge is 0.202 e. The molecular weight excluding hydrogens is 310 g/mol. The maximum Gasteiger partial charge on any atom is 0.202 e. The Hall–Kier alpha value is -2.01. The van der Waals surface area contributed by atoms with Gasteiger partial charge in [-0.15, -0.1) is 0 Å². The molecule has 2 aromatic heterocycles. The summed E-state index contributed by atoms with van der Waals surface area (Å²) in [4.78, 5) is 0. The van der Waals surface area contributed by atoms with E-state index in [0.717, 1.165) is 10.2 Å². The Morgan fingerprint density at radius 2 is 2.00 bits per heavy atom. The molecule has 0 aliphatic carbocycles. The van der Waals surface area contributed by atoms with E-state index in [2.05, 4.69) is 21.1 Å². The maximum absolute atomic E-state index is 5.65. The number of furan rings is 1. The van der Waals surface area contributed by atoms with Crippen LogP contribution in [0.4, 0.5) is 0 Å². The highest BCUT2D eigenvalue weighted by atomic mass is 79.9. The average molecular weight is 320 g/mol. The zero-order chi connectivity index (χ0) is 13.1. The minimum atomic E-state index is 0.340. The Morgan fingerprint density at radius 1 is 1.11 bits per heavy atom. The van der Waals surface area contributed by atoms with Crippen molar-refractivity contribution in [3.05, 3.63) is 58.9 Å². The van der Waals surface area contributed by atoms with E-state index in [9.17, 15) is 0 Å². The molecule has 0 unspecified atom stereocenters. The molecule has 19 heavy (non-hydrogen) atoms. The largest absolute Gasteiger partial charge is 0.486 e. The summed E-state index contributed by atoms with van der Waals surface area (Å²) in [6.07, 6.45) is 1.59. The van der Waals surface area contributed by atoms with Gasteiger partial charge in [-0.3, -0.25) is 0 Å². The van der Waals surface area contributed by atoms with Gasteiger partial charge in [0.25, 0.3) is 0 Å². The zero-order valence-corrected chi connectivity index (χ0v) is 11.5. The highest BCUT2D eigenvalue weighted by Crippen LogP contribution is 2.25. The molecule has 0 spiro atoms. The number of aromatic nitrogens is 1. The number of hydrogen-bond acceptors (Lipinski definition) is 4. The second-order valence-electron chi connectivity index (χ2n) is 3.88. The number of benzene rings is 1. The highest BCUT2D eigenvalue weighted by molar-refractivity contribution is 9.10. The second-order valence-corrected chi connectivity index (χ2v) is 4.73. The van der Waals surface area contributed by atoms with Crippen LogP contribution in [-0.4, -0.2) is 5.16 Å². The summed E-state index contributed by atoms with van der Waals surface area (Å²) in [5.74, 6) is 2.01. The molecule has 0 saturated heterocycles. The lowest BCUT2D eigenvalue weighted by Gasteiger charge is -2.04. The van der Waals surface area contributed by atoms with Crippen LogP contribution in [0.1, 0.15) is 5.69 Å². The van der Waals surface area contributed by atoms with Crippen LogP contribution in [0.2, 0.25) is 0 Å². The highest BCUT2D eigenvalue weighted by Gasteiger charge is 2.09. The van der Waals surface area contributed by atoms with Crippen molar-refractivity contribution in [3.63, 3.8) is 0 Å². The first-order valence-electron chi connectivity index (χ1n) is 5.70. The number of nitrogens with zero attached hydrogens (tertiary/aromatic N) is 1. The number of halogens is 1. The van der Waals surface area contributed by atoms with Gasteiger partial charge in [0.2, 0.25) is 5.76 Å². The lowest BCUT2D eigenvalue weighted by molar-refractivity contribution is 0.288. The van der Waals surface area contributed by atoms with Crippen LogP contribution in [-0.2, 0) is 6.61 Å². The molecule has 0 fully saturated rings. The summed E-state index contributed by atoms with van der Waals surface area (Å²) >= 11 is 3.42. The fourth-order valence-electron chi connectivity index (χ4n) is 1.63. The van der Waals surface area contributed by atoms with E-state index in [4.69, 9.17) is 13.7 Å². The van der Waals surface area contributed by atoms with Crippen molar-refractivity contribution in [2.24, 2.45) is 0 Å². The van der Waals surface area contributed by atoms with Crippen molar-refractivity contribution >= 4 is 15.9 Å². The molecule has 4 nitrogen and oxygen atoms in total. The number of hydrogen-bond donors (Lipinski definition) is 0. The van der Waals surface area contributed by atoms with Crippen LogP contribution >= 0.6 is 15.9 Å². The van der Waals surface area contributed by atoms with Crippen molar-refractivity contribution in [3.8, 4) is 17.3 Å². The number of para-hydroxylation sites is 1. The van der Waals surface area contributed by atoms with Gasteiger partial charge in [0.15, 0.2) is 5.76 Å². The van der Waals surface area contributed by atoms with Gasteiger partial charge >= 0.3 is 0 Å². The fourth-order valence-corrected chi connectivity index (χ4v) is 2.03. The number of rotatable bonds is 4. The predicted molar refractivity (Wildman–Crippen MR) is 72.7 cm³/mol. The van der Waals surface area contributed by atoms with Gasteiger partial charge in [0.05, 0.1) is 10.7 Å². The van der Waals surface area contributed by atoms with Crippen LogP contribution < -0.4 is 4.74 Å². The summed E-state index contributed by atoms with van der Waals surface area (Å²) in [6.45, 7) is 0.340. The van der Waals surface area contributed by atoms with Gasteiger partial charge in [-0.25, -0.2) is 0 Å². The third-order valence-corrected chi connectivity index (χ3v) is 3.19. The fraction of sp³-hybridized carbons (Fsp3) is 0.0714. The standard InChI is InChI=1S/C14H10BrNO3/c15-11-4-1-2-5-12(11)18-9-10-8-14(19-16-10)13-6-3-7-17-13/h1-8H,9H2. The van der Waals surface area contributed by atoms with E-state index in [1.165, 1.54) is 0 Å². The normalized spacial score (nSPS) is 10.6. The Kier molecular flexibility index (Phi) is 3.37. The van der Waals surface area contributed by atoms with Crippen LogP contribution in [0.25, 0.3) is 11.5 Å². The predicted octanol–water partition coefficient (Wildman–Crippen LogP) is 4.28. The average Bonchev–Trinajstić information content (AvgIpc) is 3.09. The van der Waals surface area contributed by atoms with Crippen molar-refractivity contribution in [2.75, 3.05) is 0 Å². The molecule has 0 saturated carbocycles. The summed E-state index contributed by atoms with van der Waals surface area (Å²) < 4.78 is 17.0.